The maximum absolute atomic E-state index is 10.5. The second-order valence-corrected chi connectivity index (χ2v) is 3.92. The van der Waals surface area contributed by atoms with E-state index in [1.807, 2.05) is 0 Å². The van der Waals surface area contributed by atoms with Gasteiger partial charge in [-0.2, -0.15) is 0 Å². The van der Waals surface area contributed by atoms with Crippen LogP contribution >= 0.6 is 0 Å². The highest BCUT2D eigenvalue weighted by Crippen LogP contribution is 2.34. The fourth-order valence-electron chi connectivity index (χ4n) is 0.946. The van der Waals surface area contributed by atoms with Crippen molar-refractivity contribution >= 4 is 17.0 Å². The van der Waals surface area contributed by atoms with Crippen molar-refractivity contribution in [1.82, 2.24) is 0 Å². The molecule has 64 valence electrons. The van der Waals surface area contributed by atoms with E-state index in [2.05, 4.69) is 0 Å². The van der Waals surface area contributed by atoms with Crippen molar-refractivity contribution in [2.24, 2.45) is 11.7 Å². The second kappa shape index (κ2) is 3.32. The zero-order valence-corrected chi connectivity index (χ0v) is 6.80. The van der Waals surface area contributed by atoms with Gasteiger partial charge in [-0.05, 0) is 23.4 Å². The minimum Gasteiger partial charge on any atom is -0.772 e. The molecule has 0 aromatic heterocycles. The van der Waals surface area contributed by atoms with Crippen molar-refractivity contribution in [3.63, 3.8) is 0 Å². The maximum Gasteiger partial charge on any atom is 0.232 e. The summed E-state index contributed by atoms with van der Waals surface area (Å²) in [5.74, 6) is -0.323. The van der Waals surface area contributed by atoms with Gasteiger partial charge in [0.25, 0.3) is 0 Å². The molecule has 0 aromatic carbocycles. The Balaban J connectivity index is 2.43. The zero-order chi connectivity index (χ0) is 8.43. The van der Waals surface area contributed by atoms with E-state index >= 15 is 0 Å². The number of carbonyl (C=O) groups is 1. The molecule has 5 heteroatoms. The minimum absolute atomic E-state index is 0.408. The number of carbonyl (C=O) groups excluding carboxylic acids is 1. The van der Waals surface area contributed by atoms with Crippen LogP contribution in [0.25, 0.3) is 0 Å². The molecule has 1 rings (SSSR count). The van der Waals surface area contributed by atoms with Crippen LogP contribution in [0.1, 0.15) is 19.3 Å². The van der Waals surface area contributed by atoms with Crippen LogP contribution in [0.15, 0.2) is 0 Å². The first-order chi connectivity index (χ1) is 5.11. The van der Waals surface area contributed by atoms with E-state index in [9.17, 15) is 13.6 Å². The molecule has 2 N–H and O–H groups in total. The van der Waals surface area contributed by atoms with Gasteiger partial charge in [-0.1, -0.05) is 12.8 Å². The summed E-state index contributed by atoms with van der Waals surface area (Å²) in [5, 5.41) is -0.970. The molecule has 0 heterocycles. The molecule has 1 amide bonds. The van der Waals surface area contributed by atoms with Gasteiger partial charge in [0.1, 0.15) is 5.25 Å². The van der Waals surface area contributed by atoms with Gasteiger partial charge in [0.05, 0.1) is 0 Å². The predicted octanol–water partition coefficient (Wildman–Crippen LogP) is -0.481. The van der Waals surface area contributed by atoms with Gasteiger partial charge in [-0.15, -0.1) is 0 Å². The summed E-state index contributed by atoms with van der Waals surface area (Å²) >= 11 is -2.34. The standard InChI is InChI=1S/C6H11NO3S/c7-6(8)5(11(9)10)3-4-1-2-4/h4-5H,1-3H2,(H2,7,8)(H,9,10)/p-1. The highest BCUT2D eigenvalue weighted by atomic mass is 32.2. The van der Waals surface area contributed by atoms with Crippen LogP contribution < -0.4 is 5.73 Å². The van der Waals surface area contributed by atoms with E-state index in [4.69, 9.17) is 5.73 Å². The molecule has 11 heavy (non-hydrogen) atoms. The maximum atomic E-state index is 10.5. The van der Waals surface area contributed by atoms with Crippen LogP contribution in [0, 0.1) is 5.92 Å². The third kappa shape index (κ3) is 2.59. The van der Waals surface area contributed by atoms with Crippen molar-refractivity contribution in [1.29, 1.82) is 0 Å². The lowest BCUT2D eigenvalue weighted by Crippen LogP contribution is -2.32. The Bertz CT molecular complexity index is 176. The average Bonchev–Trinajstić information content (AvgIpc) is 2.63. The van der Waals surface area contributed by atoms with Gasteiger partial charge in [0.15, 0.2) is 0 Å². The SMILES string of the molecule is NC(=O)C(CC1CC1)S(=O)[O-]. The Morgan fingerprint density at radius 1 is 1.73 bits per heavy atom. The zero-order valence-electron chi connectivity index (χ0n) is 5.99. The number of primary amides is 1. The predicted molar refractivity (Wildman–Crippen MR) is 39.2 cm³/mol. The van der Waals surface area contributed by atoms with E-state index in [1.54, 1.807) is 0 Å². The monoisotopic (exact) mass is 176 g/mol. The van der Waals surface area contributed by atoms with Crippen LogP contribution in [-0.4, -0.2) is 19.9 Å². The number of amides is 1. The van der Waals surface area contributed by atoms with Gasteiger partial charge in [-0.25, -0.2) is 0 Å². The summed E-state index contributed by atoms with van der Waals surface area (Å²) in [6.45, 7) is 0. The van der Waals surface area contributed by atoms with Crippen molar-refractivity contribution in [3.05, 3.63) is 0 Å². The topological polar surface area (TPSA) is 83.2 Å². The lowest BCUT2D eigenvalue weighted by Gasteiger charge is -2.14. The van der Waals surface area contributed by atoms with E-state index in [-0.39, 0.29) is 0 Å². The fraction of sp³-hybridized carbons (Fsp3) is 0.833. The molecule has 0 aromatic rings. The number of nitrogens with two attached hydrogens (primary N) is 1. The summed E-state index contributed by atoms with van der Waals surface area (Å²) in [6, 6.07) is 0. The van der Waals surface area contributed by atoms with Crippen LogP contribution in [0.4, 0.5) is 0 Å². The van der Waals surface area contributed by atoms with E-state index in [0.29, 0.717) is 12.3 Å². The molecular weight excluding hydrogens is 166 g/mol. The first-order valence-electron chi connectivity index (χ1n) is 3.48. The highest BCUT2D eigenvalue weighted by Gasteiger charge is 2.28. The lowest BCUT2D eigenvalue weighted by molar-refractivity contribution is -0.117. The smallest absolute Gasteiger partial charge is 0.232 e. The fourth-order valence-corrected chi connectivity index (χ4v) is 1.56. The largest absolute Gasteiger partial charge is 0.772 e. The van der Waals surface area contributed by atoms with Gasteiger partial charge < -0.3 is 10.3 Å². The Labute approximate surface area is 67.4 Å². The minimum atomic E-state index is -2.34. The van der Waals surface area contributed by atoms with Crippen LogP contribution in [0.2, 0.25) is 0 Å². The molecule has 1 fully saturated rings. The Morgan fingerprint density at radius 2 is 2.27 bits per heavy atom. The summed E-state index contributed by atoms with van der Waals surface area (Å²) < 4.78 is 20.8. The summed E-state index contributed by atoms with van der Waals surface area (Å²) in [5.41, 5.74) is 4.88. The van der Waals surface area contributed by atoms with E-state index < -0.39 is 22.2 Å². The third-order valence-electron chi connectivity index (χ3n) is 1.79. The number of rotatable bonds is 4. The summed E-state index contributed by atoms with van der Waals surface area (Å²) in [6.07, 6.45) is 2.47. The van der Waals surface area contributed by atoms with Gasteiger partial charge in [0, 0.05) is 0 Å². The van der Waals surface area contributed by atoms with Gasteiger partial charge in [-0.3, -0.25) is 9.00 Å². The molecule has 0 spiro atoms. The average molecular weight is 176 g/mol. The summed E-state index contributed by atoms with van der Waals surface area (Å²) in [7, 11) is 0. The van der Waals surface area contributed by atoms with Gasteiger partial charge in [0.2, 0.25) is 5.91 Å². The quantitative estimate of drug-likeness (QED) is 0.587. The molecule has 1 saturated carbocycles. The second-order valence-electron chi connectivity index (χ2n) is 2.83. The first kappa shape index (κ1) is 8.67. The Morgan fingerprint density at radius 3 is 2.55 bits per heavy atom. The number of hydrogen-bond acceptors (Lipinski definition) is 3. The van der Waals surface area contributed by atoms with E-state index in [1.165, 1.54) is 0 Å². The van der Waals surface area contributed by atoms with Crippen LogP contribution in [0.3, 0.4) is 0 Å². The molecule has 4 nitrogen and oxygen atoms in total. The molecule has 0 saturated heterocycles. The Hall–Kier alpha value is -0.420. The van der Waals surface area contributed by atoms with Crippen molar-refractivity contribution in [3.8, 4) is 0 Å². The molecule has 0 aliphatic heterocycles. The normalized spacial score (nSPS) is 22.6. The Kier molecular flexibility index (Phi) is 2.62. The number of hydrogen-bond donors (Lipinski definition) is 1. The summed E-state index contributed by atoms with van der Waals surface area (Å²) in [4.78, 5) is 10.5. The van der Waals surface area contributed by atoms with Crippen molar-refractivity contribution in [2.75, 3.05) is 0 Å². The van der Waals surface area contributed by atoms with Crippen molar-refractivity contribution < 1.29 is 13.6 Å². The van der Waals surface area contributed by atoms with Crippen LogP contribution in [-0.2, 0) is 15.9 Å². The first-order valence-corrected chi connectivity index (χ1v) is 4.62. The molecule has 0 bridgehead atoms. The molecule has 2 unspecified atom stereocenters. The highest BCUT2D eigenvalue weighted by molar-refractivity contribution is 7.80. The van der Waals surface area contributed by atoms with Crippen LogP contribution in [0.5, 0.6) is 0 Å². The van der Waals surface area contributed by atoms with Gasteiger partial charge >= 0.3 is 0 Å². The third-order valence-corrected chi connectivity index (χ3v) is 2.68. The van der Waals surface area contributed by atoms with Crippen molar-refractivity contribution in [2.45, 2.75) is 24.5 Å². The lowest BCUT2D eigenvalue weighted by atomic mass is 10.2. The molecule has 1 aliphatic rings. The van der Waals surface area contributed by atoms with E-state index in [0.717, 1.165) is 12.8 Å². The molecule has 1 aliphatic carbocycles. The molecule has 0 radical (unpaired) electrons. The molecule has 2 atom stereocenters. The molecular formula is C6H10NO3S-.